The number of hydrogen-bond donors (Lipinski definition) is 1. The summed E-state index contributed by atoms with van der Waals surface area (Å²) in [5.74, 6) is 0.232. The Morgan fingerprint density at radius 2 is 1.59 bits per heavy atom. The Labute approximate surface area is 161 Å². The summed E-state index contributed by atoms with van der Waals surface area (Å²) in [6.07, 6.45) is -0.0929. The molecule has 0 unspecified atom stereocenters. The number of nitrogens with zero attached hydrogens (tertiary/aromatic N) is 1. The quantitative estimate of drug-likeness (QED) is 0.709. The molecular formula is C22H28N2O3. The second kappa shape index (κ2) is 9.76. The van der Waals surface area contributed by atoms with Gasteiger partial charge < -0.3 is 15.0 Å². The number of rotatable bonds is 8. The third-order valence-electron chi connectivity index (χ3n) is 3.96. The third-order valence-corrected chi connectivity index (χ3v) is 3.96. The number of anilines is 1. The molecule has 0 spiro atoms. The highest BCUT2D eigenvalue weighted by molar-refractivity contribution is 6.03. The van der Waals surface area contributed by atoms with Gasteiger partial charge in [-0.3, -0.25) is 9.59 Å². The Bertz CT molecular complexity index is 740. The van der Waals surface area contributed by atoms with Crippen LogP contribution in [-0.4, -0.2) is 28.9 Å². The minimum Gasteiger partial charge on any atom is -0.491 e. The van der Waals surface area contributed by atoms with Gasteiger partial charge in [-0.15, -0.1) is 0 Å². The Hall–Kier alpha value is -2.82. The first-order chi connectivity index (χ1) is 12.8. The van der Waals surface area contributed by atoms with Crippen LogP contribution in [0.2, 0.25) is 0 Å². The van der Waals surface area contributed by atoms with Crippen LogP contribution in [0.1, 0.15) is 39.7 Å². The van der Waals surface area contributed by atoms with E-state index in [-0.39, 0.29) is 30.4 Å². The zero-order valence-corrected chi connectivity index (χ0v) is 16.4. The second-order valence-electron chi connectivity index (χ2n) is 7.02. The predicted molar refractivity (Wildman–Crippen MR) is 108 cm³/mol. The van der Waals surface area contributed by atoms with Gasteiger partial charge in [0.05, 0.1) is 6.10 Å². The lowest BCUT2D eigenvalue weighted by Gasteiger charge is -2.26. The molecule has 144 valence electrons. The molecule has 0 bridgehead atoms. The van der Waals surface area contributed by atoms with Crippen LogP contribution in [0, 0.1) is 0 Å². The molecule has 2 aromatic rings. The van der Waals surface area contributed by atoms with Crippen LogP contribution in [0.25, 0.3) is 0 Å². The van der Waals surface area contributed by atoms with Crippen molar-refractivity contribution in [2.24, 2.45) is 0 Å². The smallest absolute Gasteiger partial charge is 0.233 e. The first kappa shape index (κ1) is 20.5. The molecule has 5 nitrogen and oxygen atoms in total. The van der Waals surface area contributed by atoms with Crippen LogP contribution in [-0.2, 0) is 16.1 Å². The summed E-state index contributed by atoms with van der Waals surface area (Å²) >= 11 is 0. The normalized spacial score (nSPS) is 10.7. The lowest BCUT2D eigenvalue weighted by molar-refractivity contribution is -0.136. The molecule has 1 N–H and O–H groups in total. The average molecular weight is 368 g/mol. The molecule has 0 aliphatic carbocycles. The Balaban J connectivity index is 1.93. The Morgan fingerprint density at radius 1 is 0.963 bits per heavy atom. The molecule has 0 saturated heterocycles. The third kappa shape index (κ3) is 6.77. The van der Waals surface area contributed by atoms with Crippen molar-refractivity contribution in [2.75, 3.05) is 5.32 Å². The Kier molecular flexibility index (Phi) is 7.41. The first-order valence-electron chi connectivity index (χ1n) is 9.25. The van der Waals surface area contributed by atoms with Gasteiger partial charge in [-0.25, -0.2) is 0 Å². The van der Waals surface area contributed by atoms with E-state index in [1.54, 1.807) is 29.2 Å². The van der Waals surface area contributed by atoms with Gasteiger partial charge in [0.2, 0.25) is 11.8 Å². The molecule has 0 aliphatic rings. The molecule has 0 heterocycles. The van der Waals surface area contributed by atoms with Gasteiger partial charge in [0, 0.05) is 18.3 Å². The fourth-order valence-electron chi connectivity index (χ4n) is 2.67. The molecule has 0 fully saturated rings. The lowest BCUT2D eigenvalue weighted by atomic mass is 10.1. The highest BCUT2D eigenvalue weighted by atomic mass is 16.5. The van der Waals surface area contributed by atoms with Gasteiger partial charge >= 0.3 is 0 Å². The van der Waals surface area contributed by atoms with Gasteiger partial charge in [0.15, 0.2) is 0 Å². The number of carbonyl (C=O) groups is 2. The van der Waals surface area contributed by atoms with Crippen molar-refractivity contribution >= 4 is 17.5 Å². The monoisotopic (exact) mass is 368 g/mol. The minimum atomic E-state index is -0.323. The van der Waals surface area contributed by atoms with Crippen LogP contribution >= 0.6 is 0 Å². The number of ether oxygens (including phenoxy) is 1. The fraction of sp³-hybridized carbons (Fsp3) is 0.364. The average Bonchev–Trinajstić information content (AvgIpc) is 2.61. The van der Waals surface area contributed by atoms with E-state index < -0.39 is 0 Å². The molecule has 0 atom stereocenters. The summed E-state index contributed by atoms with van der Waals surface area (Å²) in [6.45, 7) is 8.30. The predicted octanol–water partition coefficient (Wildman–Crippen LogP) is 4.24. The number of carbonyl (C=O) groups excluding carboxylic acids is 2. The van der Waals surface area contributed by atoms with E-state index in [0.29, 0.717) is 12.2 Å². The zero-order valence-electron chi connectivity index (χ0n) is 16.4. The van der Waals surface area contributed by atoms with Crippen molar-refractivity contribution < 1.29 is 14.3 Å². The van der Waals surface area contributed by atoms with Crippen molar-refractivity contribution in [2.45, 2.75) is 52.8 Å². The van der Waals surface area contributed by atoms with E-state index in [9.17, 15) is 9.59 Å². The van der Waals surface area contributed by atoms with E-state index in [4.69, 9.17) is 4.74 Å². The van der Waals surface area contributed by atoms with Crippen LogP contribution in [0.3, 0.4) is 0 Å². The Morgan fingerprint density at radius 3 is 2.15 bits per heavy atom. The largest absolute Gasteiger partial charge is 0.491 e. The van der Waals surface area contributed by atoms with Crippen molar-refractivity contribution in [1.29, 1.82) is 0 Å². The van der Waals surface area contributed by atoms with E-state index in [1.807, 2.05) is 58.0 Å². The SMILES string of the molecule is CC(C)Oc1ccc(NC(=O)CC(=O)N(Cc2ccccc2)C(C)C)cc1. The van der Waals surface area contributed by atoms with E-state index in [0.717, 1.165) is 11.3 Å². The topological polar surface area (TPSA) is 58.6 Å². The maximum atomic E-state index is 12.6. The lowest BCUT2D eigenvalue weighted by Crippen LogP contribution is -2.38. The van der Waals surface area contributed by atoms with Gasteiger partial charge in [0.1, 0.15) is 12.2 Å². The molecular weight excluding hydrogens is 340 g/mol. The molecule has 0 saturated carbocycles. The molecule has 5 heteroatoms. The number of benzene rings is 2. The molecule has 2 rings (SSSR count). The summed E-state index contributed by atoms with van der Waals surface area (Å²) in [7, 11) is 0. The number of amides is 2. The number of nitrogens with one attached hydrogen (secondary N) is 1. The van der Waals surface area contributed by atoms with E-state index >= 15 is 0 Å². The molecule has 0 aliphatic heterocycles. The fourth-order valence-corrected chi connectivity index (χ4v) is 2.67. The van der Waals surface area contributed by atoms with Gasteiger partial charge in [-0.2, -0.15) is 0 Å². The summed E-state index contributed by atoms with van der Waals surface area (Å²) < 4.78 is 5.58. The van der Waals surface area contributed by atoms with Gasteiger partial charge in [-0.1, -0.05) is 30.3 Å². The molecule has 0 aromatic heterocycles. The van der Waals surface area contributed by atoms with Crippen LogP contribution in [0.4, 0.5) is 5.69 Å². The van der Waals surface area contributed by atoms with Crippen molar-refractivity contribution in [3.05, 3.63) is 60.2 Å². The summed E-state index contributed by atoms with van der Waals surface area (Å²) in [5.41, 5.74) is 1.68. The minimum absolute atomic E-state index is 0.0120. The highest BCUT2D eigenvalue weighted by Crippen LogP contribution is 2.17. The number of hydrogen-bond acceptors (Lipinski definition) is 3. The maximum Gasteiger partial charge on any atom is 0.233 e. The van der Waals surface area contributed by atoms with E-state index in [1.165, 1.54) is 0 Å². The summed E-state index contributed by atoms with van der Waals surface area (Å²) in [4.78, 5) is 26.6. The van der Waals surface area contributed by atoms with Gasteiger partial charge in [0.25, 0.3) is 0 Å². The maximum absolute atomic E-state index is 12.6. The van der Waals surface area contributed by atoms with Crippen molar-refractivity contribution in [1.82, 2.24) is 4.90 Å². The molecule has 2 aromatic carbocycles. The first-order valence-corrected chi connectivity index (χ1v) is 9.25. The van der Waals surface area contributed by atoms with Crippen molar-refractivity contribution in [3.8, 4) is 5.75 Å². The molecule has 2 amide bonds. The van der Waals surface area contributed by atoms with Crippen molar-refractivity contribution in [3.63, 3.8) is 0 Å². The zero-order chi connectivity index (χ0) is 19.8. The molecule has 0 radical (unpaired) electrons. The van der Waals surface area contributed by atoms with Crippen LogP contribution in [0.15, 0.2) is 54.6 Å². The molecule has 27 heavy (non-hydrogen) atoms. The van der Waals surface area contributed by atoms with E-state index in [2.05, 4.69) is 5.32 Å². The summed E-state index contributed by atoms with van der Waals surface area (Å²) in [6, 6.07) is 16.9. The second-order valence-corrected chi connectivity index (χ2v) is 7.02. The highest BCUT2D eigenvalue weighted by Gasteiger charge is 2.20. The van der Waals surface area contributed by atoms with Crippen LogP contribution < -0.4 is 10.1 Å². The van der Waals surface area contributed by atoms with Gasteiger partial charge in [-0.05, 0) is 57.5 Å². The van der Waals surface area contributed by atoms with Crippen LogP contribution in [0.5, 0.6) is 5.75 Å². The standard InChI is InChI=1S/C22H28N2O3/c1-16(2)24(15-18-8-6-5-7-9-18)22(26)14-21(25)23-19-10-12-20(13-11-19)27-17(3)4/h5-13,16-17H,14-15H2,1-4H3,(H,23,25). The summed E-state index contributed by atoms with van der Waals surface area (Å²) in [5, 5.41) is 2.77.